The van der Waals surface area contributed by atoms with Gasteiger partial charge in [0.15, 0.2) is 0 Å². The van der Waals surface area contributed by atoms with Crippen molar-refractivity contribution in [3.05, 3.63) is 65.3 Å². The summed E-state index contributed by atoms with van der Waals surface area (Å²) in [7, 11) is 0. The summed E-state index contributed by atoms with van der Waals surface area (Å²) in [5.74, 6) is 0.560. The van der Waals surface area contributed by atoms with Crippen LogP contribution >= 0.6 is 24.8 Å². The molecule has 0 N–H and O–H groups in total. The summed E-state index contributed by atoms with van der Waals surface area (Å²) in [6, 6.07) is 14.7. The van der Waals surface area contributed by atoms with E-state index in [1.807, 2.05) is 0 Å². The third kappa shape index (κ3) is 8.90. The fourth-order valence-electron chi connectivity index (χ4n) is 2.23. The second kappa shape index (κ2) is 13.2. The SMILES string of the molecule is CC1=[C-]C(C)C(C)=C1C.C[Si](C)=[Zr+2].Cl.Cl.c1ccc2[cH-]ccc2c1. The van der Waals surface area contributed by atoms with Gasteiger partial charge in [0.05, 0.1) is 0 Å². The van der Waals surface area contributed by atoms with E-state index in [2.05, 4.69) is 89.3 Å². The van der Waals surface area contributed by atoms with Crippen LogP contribution in [0.25, 0.3) is 10.8 Å². The molecular weight excluding hydrogens is 430 g/mol. The predicted molar refractivity (Wildman–Crippen MR) is 111 cm³/mol. The summed E-state index contributed by atoms with van der Waals surface area (Å²) < 4.78 is 0. The first-order chi connectivity index (χ1) is 10.3. The molecule has 0 radical (unpaired) electrons. The van der Waals surface area contributed by atoms with E-state index in [1.54, 1.807) is 23.3 Å². The normalized spacial score (nSPS) is 15.2. The molecule has 1 aliphatic rings. The number of rotatable bonds is 0. The maximum atomic E-state index is 3.36. The van der Waals surface area contributed by atoms with Crippen molar-refractivity contribution in [1.82, 2.24) is 0 Å². The van der Waals surface area contributed by atoms with Crippen LogP contribution in [-0.2, 0) is 23.3 Å². The van der Waals surface area contributed by atoms with Crippen LogP contribution in [0, 0.1) is 12.0 Å². The first kappa shape index (κ1) is 26.2. The maximum Gasteiger partial charge on any atom is -0.0809 e. The molecule has 0 spiro atoms. The Bertz CT molecular complexity index is 664. The minimum Gasteiger partial charge on any atom is -0.168 e. The van der Waals surface area contributed by atoms with Crippen molar-refractivity contribution in [3.63, 3.8) is 0 Å². The zero-order valence-electron chi connectivity index (χ0n) is 15.4. The van der Waals surface area contributed by atoms with E-state index < -0.39 is 0 Å². The van der Waals surface area contributed by atoms with Gasteiger partial charge in [-0.1, -0.05) is 32.8 Å². The average molecular weight is 459 g/mol. The van der Waals surface area contributed by atoms with Gasteiger partial charge in [-0.2, -0.15) is 28.7 Å². The standard InChI is InChI=1S/C9H7.C9H13.C2H6Si.2ClH.Zr/c1-2-5-9-7-3-6-8(9)4-1;1-6-5-7(2)9(4)8(6)3;1-3-2;;;/h1-7H;6H,1-4H3;1-2H3;2*1H;/q2*-1;;;;+2. The van der Waals surface area contributed by atoms with Crippen molar-refractivity contribution >= 4 is 41.0 Å². The second-order valence-electron chi connectivity index (χ2n) is 5.95. The molecule has 2 aromatic rings. The Morgan fingerprint density at radius 1 is 1.04 bits per heavy atom. The maximum absolute atomic E-state index is 3.36. The van der Waals surface area contributed by atoms with Crippen LogP contribution < -0.4 is 0 Å². The minimum atomic E-state index is 0. The number of allylic oxidation sites excluding steroid dienone is 4. The Morgan fingerprint density at radius 3 is 1.96 bits per heavy atom. The molecule has 1 aliphatic carbocycles. The van der Waals surface area contributed by atoms with Crippen LogP contribution in [0.3, 0.4) is 0 Å². The van der Waals surface area contributed by atoms with Crippen molar-refractivity contribution in [2.24, 2.45) is 5.92 Å². The van der Waals surface area contributed by atoms with E-state index in [-0.39, 0.29) is 30.2 Å². The van der Waals surface area contributed by atoms with Gasteiger partial charge in [0.2, 0.25) is 0 Å². The van der Waals surface area contributed by atoms with Gasteiger partial charge in [-0.25, -0.2) is 5.57 Å². The predicted octanol–water partition coefficient (Wildman–Crippen LogP) is 6.91. The summed E-state index contributed by atoms with van der Waals surface area (Å²) in [5, 5.41) is 2.66. The largest absolute Gasteiger partial charge is 0.168 e. The van der Waals surface area contributed by atoms with Crippen molar-refractivity contribution < 1.29 is 23.3 Å². The Kier molecular flexibility index (Phi) is 14.5. The van der Waals surface area contributed by atoms with Crippen molar-refractivity contribution in [2.45, 2.75) is 40.8 Å². The molecule has 24 heavy (non-hydrogen) atoms. The molecule has 130 valence electrons. The van der Waals surface area contributed by atoms with E-state index in [1.165, 1.54) is 27.5 Å². The number of benzene rings is 1. The van der Waals surface area contributed by atoms with Crippen molar-refractivity contribution in [3.8, 4) is 0 Å². The van der Waals surface area contributed by atoms with Crippen molar-refractivity contribution in [1.29, 1.82) is 0 Å². The van der Waals surface area contributed by atoms with Gasteiger partial charge < -0.3 is 0 Å². The van der Waals surface area contributed by atoms with Crippen LogP contribution in [0.1, 0.15) is 27.7 Å². The molecule has 0 aromatic heterocycles. The zero-order valence-corrected chi connectivity index (χ0v) is 20.5. The summed E-state index contributed by atoms with van der Waals surface area (Å²) in [6.45, 7) is 13.3. The number of hydrogen-bond donors (Lipinski definition) is 0. The molecule has 0 saturated heterocycles. The van der Waals surface area contributed by atoms with Gasteiger partial charge in [-0.15, -0.1) is 61.4 Å². The quantitative estimate of drug-likeness (QED) is 0.297. The van der Waals surface area contributed by atoms with E-state index in [0.717, 1.165) is 0 Å². The molecule has 0 saturated carbocycles. The van der Waals surface area contributed by atoms with Crippen molar-refractivity contribution in [2.75, 3.05) is 0 Å². The number of fused-ring (bicyclic) bond motifs is 1. The molecule has 0 heterocycles. The fraction of sp³-hybridized carbons (Fsp3) is 0.350. The zero-order chi connectivity index (χ0) is 16.7. The number of halogens is 2. The monoisotopic (exact) mass is 456 g/mol. The molecule has 1 unspecified atom stereocenters. The Labute approximate surface area is 175 Å². The molecule has 2 aromatic carbocycles. The second-order valence-corrected chi connectivity index (χ2v) is 15.3. The molecule has 4 heteroatoms. The molecule has 1 atom stereocenters. The minimum absolute atomic E-state index is 0. The average Bonchev–Trinajstić information content (AvgIpc) is 3.01. The van der Waals surface area contributed by atoms with Crippen LogP contribution in [0.4, 0.5) is 0 Å². The van der Waals surface area contributed by atoms with Crippen LogP contribution in [0.2, 0.25) is 13.1 Å². The van der Waals surface area contributed by atoms with Crippen LogP contribution in [0.15, 0.2) is 59.2 Å². The van der Waals surface area contributed by atoms with Gasteiger partial charge in [-0.3, -0.25) is 6.08 Å². The number of hydrogen-bond acceptors (Lipinski definition) is 0. The van der Waals surface area contributed by atoms with Crippen LogP contribution in [-0.4, -0.2) is 5.43 Å². The third-order valence-electron chi connectivity index (χ3n) is 3.78. The summed E-state index contributed by atoms with van der Waals surface area (Å²) in [5.41, 5.74) is 4.46. The molecule has 0 amide bonds. The molecule has 0 aliphatic heterocycles. The van der Waals surface area contributed by atoms with Gasteiger partial charge in [0.25, 0.3) is 0 Å². The Hall–Kier alpha value is -0.0100. The summed E-state index contributed by atoms with van der Waals surface area (Å²) >= 11 is 1.74. The molecule has 0 nitrogen and oxygen atoms in total. The molecule has 0 fully saturated rings. The van der Waals surface area contributed by atoms with Gasteiger partial charge in [-0.05, 0) is 0 Å². The first-order valence-electron chi connectivity index (χ1n) is 7.73. The summed E-state index contributed by atoms with van der Waals surface area (Å²) in [4.78, 5) is 0. The molecule has 0 bridgehead atoms. The smallest absolute Gasteiger partial charge is 0.0809 e. The Balaban J connectivity index is 0. The van der Waals surface area contributed by atoms with Gasteiger partial charge in [0.1, 0.15) is 0 Å². The van der Waals surface area contributed by atoms with Gasteiger partial charge in [0, 0.05) is 0 Å². The van der Waals surface area contributed by atoms with E-state index >= 15 is 0 Å². The topological polar surface area (TPSA) is 0 Å². The van der Waals surface area contributed by atoms with E-state index in [0.29, 0.717) is 5.92 Å². The molecular formula is C20H28Cl2SiZr. The van der Waals surface area contributed by atoms with Gasteiger partial charge >= 0.3 is 41.9 Å². The fourth-order valence-corrected chi connectivity index (χ4v) is 2.23. The third-order valence-corrected chi connectivity index (χ3v) is 3.78. The van der Waals surface area contributed by atoms with E-state index in [9.17, 15) is 0 Å². The first-order valence-corrected chi connectivity index (χ1v) is 13.9. The van der Waals surface area contributed by atoms with Crippen LogP contribution in [0.5, 0.6) is 0 Å². The summed E-state index contributed by atoms with van der Waals surface area (Å²) in [6.07, 6.45) is 3.36. The Morgan fingerprint density at radius 2 is 1.58 bits per heavy atom. The molecule has 3 rings (SSSR count). The van der Waals surface area contributed by atoms with E-state index in [4.69, 9.17) is 0 Å².